The highest BCUT2D eigenvalue weighted by atomic mass is 16.6. The molecule has 0 spiro atoms. The molecule has 0 saturated carbocycles. The van der Waals surface area contributed by atoms with Gasteiger partial charge in [0.15, 0.2) is 17.3 Å². The summed E-state index contributed by atoms with van der Waals surface area (Å²) in [5.74, 6) is 1.54. The van der Waals surface area contributed by atoms with Crippen LogP contribution in [0.5, 0.6) is 11.5 Å². The number of ether oxygens (including phenoxy) is 2. The molecule has 0 atom stereocenters. The molecular weight excluding hydrogens is 338 g/mol. The average Bonchev–Trinajstić information content (AvgIpc) is 3.16. The molecule has 0 aliphatic heterocycles. The lowest BCUT2D eigenvalue weighted by Crippen LogP contribution is -1.98. The van der Waals surface area contributed by atoms with Crippen LogP contribution in [0.4, 0.5) is 5.69 Å². The molecule has 3 aromatic rings. The SMILES string of the molecule is CCOc1ccc(-c2cc(C)c([N+](=O)[O-])cc2-c2nnn[nH]2)cc1OC. The van der Waals surface area contributed by atoms with E-state index in [0.717, 1.165) is 11.1 Å². The van der Waals surface area contributed by atoms with Crippen LogP contribution in [0.25, 0.3) is 22.5 Å². The number of aryl methyl sites for hydroxylation is 1. The van der Waals surface area contributed by atoms with Gasteiger partial charge in [0.1, 0.15) is 0 Å². The molecule has 0 bridgehead atoms. The Morgan fingerprint density at radius 3 is 2.62 bits per heavy atom. The van der Waals surface area contributed by atoms with Crippen molar-refractivity contribution in [2.24, 2.45) is 0 Å². The third-order valence-electron chi connectivity index (χ3n) is 3.91. The molecular formula is C17H17N5O4. The summed E-state index contributed by atoms with van der Waals surface area (Å²) in [4.78, 5) is 10.9. The van der Waals surface area contributed by atoms with Gasteiger partial charge in [0.25, 0.3) is 5.69 Å². The third kappa shape index (κ3) is 3.18. The van der Waals surface area contributed by atoms with Crippen LogP contribution >= 0.6 is 0 Å². The van der Waals surface area contributed by atoms with Crippen LogP contribution in [0.1, 0.15) is 12.5 Å². The average molecular weight is 355 g/mol. The number of aromatic amines is 1. The normalized spacial score (nSPS) is 10.6. The largest absolute Gasteiger partial charge is 0.493 e. The number of tetrazole rings is 1. The zero-order valence-electron chi connectivity index (χ0n) is 14.5. The quantitative estimate of drug-likeness (QED) is 0.533. The van der Waals surface area contributed by atoms with E-state index in [1.807, 2.05) is 19.1 Å². The highest BCUT2D eigenvalue weighted by molar-refractivity contribution is 5.84. The first-order valence-corrected chi connectivity index (χ1v) is 7.89. The molecule has 26 heavy (non-hydrogen) atoms. The summed E-state index contributed by atoms with van der Waals surface area (Å²) in [5.41, 5.74) is 2.60. The molecule has 0 radical (unpaired) electrons. The lowest BCUT2D eigenvalue weighted by atomic mass is 9.95. The highest BCUT2D eigenvalue weighted by Crippen LogP contribution is 2.39. The number of aromatic nitrogens is 4. The van der Waals surface area contributed by atoms with E-state index in [1.54, 1.807) is 26.2 Å². The van der Waals surface area contributed by atoms with Gasteiger partial charge in [0, 0.05) is 17.2 Å². The minimum atomic E-state index is -0.425. The van der Waals surface area contributed by atoms with E-state index in [0.29, 0.717) is 35.1 Å². The zero-order chi connectivity index (χ0) is 18.7. The number of nitrogens with zero attached hydrogens (tertiary/aromatic N) is 4. The van der Waals surface area contributed by atoms with Crippen molar-refractivity contribution in [2.75, 3.05) is 13.7 Å². The van der Waals surface area contributed by atoms with Crippen LogP contribution in [-0.2, 0) is 0 Å². The molecule has 0 amide bonds. The number of nitrogens with one attached hydrogen (secondary N) is 1. The Morgan fingerprint density at radius 2 is 2.00 bits per heavy atom. The fraction of sp³-hybridized carbons (Fsp3) is 0.235. The number of nitro benzene ring substituents is 1. The Kier molecular flexibility index (Phi) is 4.78. The van der Waals surface area contributed by atoms with Gasteiger partial charge in [-0.3, -0.25) is 10.1 Å². The van der Waals surface area contributed by atoms with Gasteiger partial charge in [-0.1, -0.05) is 6.07 Å². The summed E-state index contributed by atoms with van der Waals surface area (Å²) < 4.78 is 10.9. The third-order valence-corrected chi connectivity index (χ3v) is 3.91. The van der Waals surface area contributed by atoms with Crippen LogP contribution in [0.15, 0.2) is 30.3 Å². The van der Waals surface area contributed by atoms with Crippen molar-refractivity contribution in [1.82, 2.24) is 20.6 Å². The fourth-order valence-electron chi connectivity index (χ4n) is 2.71. The lowest BCUT2D eigenvalue weighted by molar-refractivity contribution is -0.385. The van der Waals surface area contributed by atoms with Crippen molar-refractivity contribution in [3.63, 3.8) is 0 Å². The Balaban J connectivity index is 2.21. The zero-order valence-corrected chi connectivity index (χ0v) is 14.5. The first-order valence-electron chi connectivity index (χ1n) is 7.89. The molecule has 2 aromatic carbocycles. The van der Waals surface area contributed by atoms with Crippen molar-refractivity contribution < 1.29 is 14.4 Å². The van der Waals surface area contributed by atoms with Crippen molar-refractivity contribution >= 4 is 5.69 Å². The Hall–Kier alpha value is -3.49. The number of benzene rings is 2. The number of nitro groups is 1. The highest BCUT2D eigenvalue weighted by Gasteiger charge is 2.20. The van der Waals surface area contributed by atoms with Crippen LogP contribution in [-0.4, -0.2) is 39.3 Å². The van der Waals surface area contributed by atoms with E-state index < -0.39 is 4.92 Å². The minimum Gasteiger partial charge on any atom is -0.493 e. The standard InChI is InChI=1S/C17H17N5O4/c1-4-26-15-6-5-11(8-16(15)25-3)12-7-10(2)14(22(23)24)9-13(12)17-18-20-21-19-17/h5-9H,4H2,1-3H3,(H,18,19,20,21). The predicted molar refractivity (Wildman–Crippen MR) is 94.2 cm³/mol. The van der Waals surface area contributed by atoms with E-state index in [-0.39, 0.29) is 5.69 Å². The van der Waals surface area contributed by atoms with Gasteiger partial charge in [0.05, 0.1) is 18.6 Å². The van der Waals surface area contributed by atoms with Crippen molar-refractivity contribution in [2.45, 2.75) is 13.8 Å². The lowest BCUT2D eigenvalue weighted by Gasteiger charge is -2.13. The van der Waals surface area contributed by atoms with Crippen LogP contribution in [0.3, 0.4) is 0 Å². The first kappa shape index (κ1) is 17.3. The molecule has 9 heteroatoms. The summed E-state index contributed by atoms with van der Waals surface area (Å²) in [5, 5.41) is 25.0. The molecule has 0 aliphatic carbocycles. The summed E-state index contributed by atoms with van der Waals surface area (Å²) in [6.45, 7) is 4.10. The van der Waals surface area contributed by atoms with E-state index in [2.05, 4.69) is 20.6 Å². The molecule has 0 aliphatic rings. The number of hydrogen-bond acceptors (Lipinski definition) is 7. The molecule has 0 saturated heterocycles. The van der Waals surface area contributed by atoms with Gasteiger partial charge in [-0.2, -0.15) is 0 Å². The Labute approximate surface area is 149 Å². The van der Waals surface area contributed by atoms with Crippen molar-refractivity contribution in [3.8, 4) is 34.0 Å². The number of H-pyrrole nitrogens is 1. The van der Waals surface area contributed by atoms with Gasteiger partial charge < -0.3 is 9.47 Å². The molecule has 134 valence electrons. The maximum absolute atomic E-state index is 11.3. The van der Waals surface area contributed by atoms with Gasteiger partial charge in [0.2, 0.25) is 0 Å². The van der Waals surface area contributed by atoms with Crippen LogP contribution < -0.4 is 9.47 Å². The molecule has 0 fully saturated rings. The summed E-state index contributed by atoms with van der Waals surface area (Å²) in [6.07, 6.45) is 0. The predicted octanol–water partition coefficient (Wildman–Crippen LogP) is 3.16. The number of methoxy groups -OCH3 is 1. The maximum Gasteiger partial charge on any atom is 0.273 e. The molecule has 1 aromatic heterocycles. The van der Waals surface area contributed by atoms with Gasteiger partial charge >= 0.3 is 0 Å². The Bertz CT molecular complexity index is 941. The van der Waals surface area contributed by atoms with E-state index in [4.69, 9.17) is 9.47 Å². The maximum atomic E-state index is 11.3. The van der Waals surface area contributed by atoms with Crippen LogP contribution in [0, 0.1) is 17.0 Å². The smallest absolute Gasteiger partial charge is 0.273 e. The molecule has 3 rings (SSSR count). The fourth-order valence-corrected chi connectivity index (χ4v) is 2.71. The number of hydrogen-bond donors (Lipinski definition) is 1. The second-order valence-electron chi connectivity index (χ2n) is 5.49. The molecule has 1 heterocycles. The van der Waals surface area contributed by atoms with Gasteiger partial charge in [-0.05, 0) is 53.6 Å². The second kappa shape index (κ2) is 7.18. The van der Waals surface area contributed by atoms with Gasteiger partial charge in [-0.15, -0.1) is 5.10 Å². The summed E-state index contributed by atoms with van der Waals surface area (Å²) >= 11 is 0. The molecule has 0 unspecified atom stereocenters. The van der Waals surface area contributed by atoms with E-state index in [9.17, 15) is 10.1 Å². The van der Waals surface area contributed by atoms with E-state index in [1.165, 1.54) is 6.07 Å². The van der Waals surface area contributed by atoms with Gasteiger partial charge in [-0.25, -0.2) is 5.10 Å². The second-order valence-corrected chi connectivity index (χ2v) is 5.49. The van der Waals surface area contributed by atoms with Crippen molar-refractivity contribution in [1.29, 1.82) is 0 Å². The Morgan fingerprint density at radius 1 is 1.19 bits per heavy atom. The van der Waals surface area contributed by atoms with Crippen molar-refractivity contribution in [3.05, 3.63) is 46.0 Å². The first-order chi connectivity index (χ1) is 12.5. The van der Waals surface area contributed by atoms with Crippen LogP contribution in [0.2, 0.25) is 0 Å². The number of rotatable bonds is 6. The summed E-state index contributed by atoms with van der Waals surface area (Å²) in [7, 11) is 1.56. The molecule has 1 N–H and O–H groups in total. The summed E-state index contributed by atoms with van der Waals surface area (Å²) in [6, 6.07) is 8.69. The monoisotopic (exact) mass is 355 g/mol. The van der Waals surface area contributed by atoms with E-state index >= 15 is 0 Å². The topological polar surface area (TPSA) is 116 Å². The molecule has 9 nitrogen and oxygen atoms in total. The minimum absolute atomic E-state index is 0.00180.